The molecule has 0 atom stereocenters. The Kier molecular flexibility index (Phi) is 7.05. The second-order valence-electron chi connectivity index (χ2n) is 8.27. The second kappa shape index (κ2) is 9.73. The smallest absolute Gasteiger partial charge is 0.339 e. The molecule has 2 heterocycles. The van der Waals surface area contributed by atoms with Gasteiger partial charge in [0.2, 0.25) is 0 Å². The Morgan fingerprint density at radius 3 is 2.58 bits per heavy atom. The molecular formula is C24H30N4O3. The van der Waals surface area contributed by atoms with Gasteiger partial charge in [0.25, 0.3) is 5.91 Å². The first-order chi connectivity index (χ1) is 14.8. The number of hydrogen-bond donors (Lipinski definition) is 1. The summed E-state index contributed by atoms with van der Waals surface area (Å²) in [7, 11) is 0. The molecule has 0 aliphatic carbocycles. The number of nitrogens with zero attached hydrogens (tertiary/aromatic N) is 3. The number of nitrogens with one attached hydrogen (secondary N) is 1. The lowest BCUT2D eigenvalue weighted by Crippen LogP contribution is -2.30. The van der Waals surface area contributed by atoms with Crippen molar-refractivity contribution in [2.75, 3.05) is 13.2 Å². The summed E-state index contributed by atoms with van der Waals surface area (Å²) in [5.41, 5.74) is 4.18. The number of fused-ring (bicyclic) bond motifs is 1. The summed E-state index contributed by atoms with van der Waals surface area (Å²) < 4.78 is 7.10. The summed E-state index contributed by atoms with van der Waals surface area (Å²) in [6.07, 6.45) is 2.36. The molecule has 0 fully saturated rings. The largest absolute Gasteiger partial charge is 0.452 e. The van der Waals surface area contributed by atoms with Crippen molar-refractivity contribution in [3.63, 3.8) is 0 Å². The molecule has 0 bridgehead atoms. The van der Waals surface area contributed by atoms with Gasteiger partial charge in [-0.3, -0.25) is 4.79 Å². The van der Waals surface area contributed by atoms with Gasteiger partial charge in [-0.2, -0.15) is 5.10 Å². The topological polar surface area (TPSA) is 86.1 Å². The van der Waals surface area contributed by atoms with Crippen LogP contribution in [-0.4, -0.2) is 39.8 Å². The highest BCUT2D eigenvalue weighted by Gasteiger charge is 2.20. The fourth-order valence-corrected chi connectivity index (χ4v) is 3.37. The van der Waals surface area contributed by atoms with E-state index in [1.807, 2.05) is 58.9 Å². The Balaban J connectivity index is 1.66. The molecule has 3 aromatic rings. The first kappa shape index (κ1) is 22.5. The maximum atomic E-state index is 12.8. The fourth-order valence-electron chi connectivity index (χ4n) is 3.37. The SMILES string of the molecule is Cc1ccccc1CCNC(=O)COC(=O)c1cc(C(C)C)nc2c1cnn2C(C)C. The maximum absolute atomic E-state index is 12.8. The summed E-state index contributed by atoms with van der Waals surface area (Å²) in [4.78, 5) is 29.6. The summed E-state index contributed by atoms with van der Waals surface area (Å²) in [5, 5.41) is 7.81. The highest BCUT2D eigenvalue weighted by Crippen LogP contribution is 2.24. The lowest BCUT2D eigenvalue weighted by atomic mass is 10.1. The van der Waals surface area contributed by atoms with E-state index in [1.54, 1.807) is 16.9 Å². The van der Waals surface area contributed by atoms with Gasteiger partial charge in [0, 0.05) is 18.3 Å². The third kappa shape index (κ3) is 5.29. The van der Waals surface area contributed by atoms with Crippen molar-refractivity contribution in [3.05, 3.63) is 58.9 Å². The number of ether oxygens (including phenoxy) is 1. The van der Waals surface area contributed by atoms with E-state index < -0.39 is 5.97 Å². The predicted molar refractivity (Wildman–Crippen MR) is 120 cm³/mol. The van der Waals surface area contributed by atoms with Crippen molar-refractivity contribution >= 4 is 22.9 Å². The normalized spacial score (nSPS) is 11.3. The maximum Gasteiger partial charge on any atom is 0.339 e. The Bertz CT molecular complexity index is 1090. The highest BCUT2D eigenvalue weighted by molar-refractivity contribution is 6.03. The van der Waals surface area contributed by atoms with E-state index in [9.17, 15) is 9.59 Å². The van der Waals surface area contributed by atoms with Crippen LogP contribution in [0.4, 0.5) is 0 Å². The van der Waals surface area contributed by atoms with Gasteiger partial charge in [-0.05, 0) is 50.3 Å². The average Bonchev–Trinajstić information content (AvgIpc) is 3.17. The molecule has 1 aromatic carbocycles. The number of esters is 1. The molecule has 164 valence electrons. The number of pyridine rings is 1. The number of amides is 1. The molecule has 31 heavy (non-hydrogen) atoms. The third-order valence-electron chi connectivity index (χ3n) is 5.20. The summed E-state index contributed by atoms with van der Waals surface area (Å²) in [5.74, 6) is -0.739. The van der Waals surface area contributed by atoms with Gasteiger partial charge < -0.3 is 10.1 Å². The monoisotopic (exact) mass is 422 g/mol. The molecule has 7 heteroatoms. The van der Waals surface area contributed by atoms with Crippen molar-refractivity contribution in [1.29, 1.82) is 0 Å². The summed E-state index contributed by atoms with van der Waals surface area (Å²) in [6, 6.07) is 9.89. The van der Waals surface area contributed by atoms with Gasteiger partial charge in [0.15, 0.2) is 12.3 Å². The van der Waals surface area contributed by atoms with E-state index in [-0.39, 0.29) is 24.5 Å². The zero-order valence-corrected chi connectivity index (χ0v) is 18.8. The number of rotatable bonds is 8. The Morgan fingerprint density at radius 2 is 1.90 bits per heavy atom. The van der Waals surface area contributed by atoms with E-state index in [4.69, 9.17) is 4.74 Å². The number of hydrogen-bond acceptors (Lipinski definition) is 5. The van der Waals surface area contributed by atoms with Crippen LogP contribution in [0.3, 0.4) is 0 Å². The number of carbonyl (C=O) groups excluding carboxylic acids is 2. The number of benzene rings is 1. The lowest BCUT2D eigenvalue weighted by molar-refractivity contribution is -0.124. The zero-order valence-electron chi connectivity index (χ0n) is 18.8. The van der Waals surface area contributed by atoms with E-state index >= 15 is 0 Å². The van der Waals surface area contributed by atoms with Gasteiger partial charge >= 0.3 is 5.97 Å². The molecule has 0 saturated carbocycles. The minimum Gasteiger partial charge on any atom is -0.452 e. The number of carbonyl (C=O) groups is 2. The minimum atomic E-state index is -0.549. The van der Waals surface area contributed by atoms with Crippen molar-refractivity contribution in [2.24, 2.45) is 0 Å². The third-order valence-corrected chi connectivity index (χ3v) is 5.20. The van der Waals surface area contributed by atoms with Crippen LogP contribution in [0.25, 0.3) is 11.0 Å². The van der Waals surface area contributed by atoms with Crippen LogP contribution in [0.15, 0.2) is 36.5 Å². The molecule has 1 amide bonds. The zero-order chi connectivity index (χ0) is 22.5. The van der Waals surface area contributed by atoms with E-state index in [1.165, 1.54) is 11.1 Å². The van der Waals surface area contributed by atoms with Gasteiger partial charge in [-0.25, -0.2) is 14.5 Å². The first-order valence-electron chi connectivity index (χ1n) is 10.6. The average molecular weight is 423 g/mol. The molecule has 2 aromatic heterocycles. The molecule has 3 rings (SSSR count). The van der Waals surface area contributed by atoms with Crippen molar-refractivity contribution < 1.29 is 14.3 Å². The highest BCUT2D eigenvalue weighted by atomic mass is 16.5. The Morgan fingerprint density at radius 1 is 1.16 bits per heavy atom. The summed E-state index contributed by atoms with van der Waals surface area (Å²) in [6.45, 7) is 10.2. The molecule has 0 aliphatic rings. The van der Waals surface area contributed by atoms with Crippen LogP contribution in [0, 0.1) is 6.92 Å². The molecule has 0 saturated heterocycles. The van der Waals surface area contributed by atoms with Gasteiger partial charge in [0.05, 0.1) is 17.1 Å². The standard InChI is InChI=1S/C24H30N4O3/c1-15(2)21-12-19(20-13-26-28(16(3)4)23(20)27-21)24(30)31-14-22(29)25-11-10-18-9-7-6-8-17(18)5/h6-9,12-13,15-16H,10-11,14H2,1-5H3,(H,25,29). The van der Waals surface area contributed by atoms with Crippen LogP contribution in [0.2, 0.25) is 0 Å². The molecule has 1 N–H and O–H groups in total. The lowest BCUT2D eigenvalue weighted by Gasteiger charge is -2.12. The van der Waals surface area contributed by atoms with E-state index in [0.717, 1.165) is 12.1 Å². The Labute approximate surface area is 182 Å². The van der Waals surface area contributed by atoms with Crippen LogP contribution in [0.1, 0.15) is 66.8 Å². The minimum absolute atomic E-state index is 0.107. The summed E-state index contributed by atoms with van der Waals surface area (Å²) >= 11 is 0. The molecule has 7 nitrogen and oxygen atoms in total. The Hall–Kier alpha value is -3.22. The van der Waals surface area contributed by atoms with Crippen molar-refractivity contribution in [3.8, 4) is 0 Å². The van der Waals surface area contributed by atoms with Crippen LogP contribution >= 0.6 is 0 Å². The number of aryl methyl sites for hydroxylation is 1. The van der Waals surface area contributed by atoms with Crippen LogP contribution < -0.4 is 5.32 Å². The number of aromatic nitrogens is 3. The molecule has 0 aliphatic heterocycles. The fraction of sp³-hybridized carbons (Fsp3) is 0.417. The van der Waals surface area contributed by atoms with Gasteiger partial charge in [-0.15, -0.1) is 0 Å². The van der Waals surface area contributed by atoms with Gasteiger partial charge in [0.1, 0.15) is 0 Å². The van der Waals surface area contributed by atoms with E-state index in [0.29, 0.717) is 23.1 Å². The second-order valence-corrected chi connectivity index (χ2v) is 8.27. The molecular weight excluding hydrogens is 392 g/mol. The first-order valence-corrected chi connectivity index (χ1v) is 10.6. The molecule has 0 radical (unpaired) electrons. The van der Waals surface area contributed by atoms with Crippen LogP contribution in [-0.2, 0) is 16.0 Å². The van der Waals surface area contributed by atoms with Crippen LogP contribution in [0.5, 0.6) is 0 Å². The predicted octanol–water partition coefficient (Wildman–Crippen LogP) is 3.96. The molecule has 0 unspecified atom stereocenters. The van der Waals surface area contributed by atoms with Gasteiger partial charge in [-0.1, -0.05) is 38.1 Å². The molecule has 0 spiro atoms. The van der Waals surface area contributed by atoms with Crippen molar-refractivity contribution in [1.82, 2.24) is 20.1 Å². The quantitative estimate of drug-likeness (QED) is 0.555. The van der Waals surface area contributed by atoms with E-state index in [2.05, 4.69) is 15.4 Å². The van der Waals surface area contributed by atoms with Crippen molar-refractivity contribution in [2.45, 2.75) is 53.0 Å².